The lowest BCUT2D eigenvalue weighted by Crippen LogP contribution is -2.39. The van der Waals surface area contributed by atoms with Gasteiger partial charge in [-0.25, -0.2) is 0 Å². The maximum atomic E-state index is 6.37. The van der Waals surface area contributed by atoms with Gasteiger partial charge < -0.3 is 9.05 Å². The monoisotopic (exact) mass is 491 g/mol. The molecule has 0 radical (unpaired) electrons. The van der Waals surface area contributed by atoms with Crippen LogP contribution < -0.4 is 9.72 Å². The molecule has 2 N–H and O–H groups in total. The summed E-state index contributed by atoms with van der Waals surface area (Å²) in [4.78, 5) is 6.86. The van der Waals surface area contributed by atoms with Crippen molar-refractivity contribution in [1.29, 1.82) is 0 Å². The summed E-state index contributed by atoms with van der Waals surface area (Å²) in [7, 11) is -9.08. The number of hydrogen-bond donors (Lipinski definition) is 2. The average Bonchev–Trinajstić information content (AvgIpc) is 2.39. The summed E-state index contributed by atoms with van der Waals surface area (Å²) >= 11 is 0. The van der Waals surface area contributed by atoms with Crippen LogP contribution in [0.15, 0.2) is 4.52 Å². The summed E-state index contributed by atoms with van der Waals surface area (Å²) in [5.41, 5.74) is 0. The van der Waals surface area contributed by atoms with E-state index in [2.05, 4.69) is 9.72 Å². The Balaban J connectivity index is 3.76. The molecule has 0 bridgehead atoms. The maximum Gasteiger partial charge on any atom is 0.526 e. The maximum absolute atomic E-state index is 6.37. The van der Waals surface area contributed by atoms with Gasteiger partial charge in [0, 0.05) is 4.52 Å². The molecule has 0 aromatic heterocycles. The molecule has 0 aromatic rings. The van der Waals surface area contributed by atoms with Crippen molar-refractivity contribution < 1.29 is 27.1 Å². The summed E-state index contributed by atoms with van der Waals surface area (Å²) < 4.78 is 43.1. The normalized spacial score (nSPS) is 20.7. The lowest BCUT2D eigenvalue weighted by Gasteiger charge is -2.37. The second kappa shape index (κ2) is 11.8. The molecule has 180 valence electrons. The first-order valence-electron chi connectivity index (χ1n) is 10.7. The zero-order valence-electron chi connectivity index (χ0n) is 20.7. The van der Waals surface area contributed by atoms with Crippen molar-refractivity contribution in [3.05, 3.63) is 0 Å². The highest BCUT2D eigenvalue weighted by Crippen LogP contribution is 2.83. The van der Waals surface area contributed by atoms with E-state index in [1.807, 2.05) is 83.1 Å². The Bertz CT molecular complexity index is 554. The smallest absolute Gasteiger partial charge is 0.305 e. The summed E-state index contributed by atoms with van der Waals surface area (Å²) in [5.74, 6) is 0. The summed E-state index contributed by atoms with van der Waals surface area (Å²) in [6.45, 7) is 23.4. The van der Waals surface area contributed by atoms with Crippen molar-refractivity contribution in [3.63, 3.8) is 0 Å². The molecule has 0 spiro atoms. The molecule has 0 saturated carbocycles. The van der Waals surface area contributed by atoms with Crippen molar-refractivity contribution in [1.82, 2.24) is 9.72 Å². The molecule has 1 heterocycles. The van der Waals surface area contributed by atoms with E-state index in [9.17, 15) is 0 Å². The third kappa shape index (κ3) is 9.33. The van der Waals surface area contributed by atoms with E-state index in [4.69, 9.17) is 31.7 Å². The first kappa shape index (κ1) is 28.8. The van der Waals surface area contributed by atoms with Gasteiger partial charge in [-0.1, -0.05) is 0 Å². The molecule has 0 aliphatic carbocycles. The second-order valence-corrected chi connectivity index (χ2v) is 15.6. The molecule has 0 saturated heterocycles. The Morgan fingerprint density at radius 2 is 0.933 bits per heavy atom. The molecule has 1 rings (SSSR count). The molecule has 0 unspecified atom stereocenters. The molecular weight excluding hydrogens is 447 g/mol. The Morgan fingerprint density at radius 1 is 0.567 bits per heavy atom. The summed E-state index contributed by atoms with van der Waals surface area (Å²) in [5, 5.41) is 0. The Morgan fingerprint density at radius 3 is 1.23 bits per heavy atom. The van der Waals surface area contributed by atoms with E-state index in [0.29, 0.717) is 0 Å². The van der Waals surface area contributed by atoms with Crippen LogP contribution in [0.25, 0.3) is 0 Å². The largest absolute Gasteiger partial charge is 0.526 e. The highest BCUT2D eigenvalue weighted by Gasteiger charge is 2.71. The lowest BCUT2D eigenvalue weighted by atomic mass is 10.5. The van der Waals surface area contributed by atoms with E-state index < -0.39 is 23.7 Å². The predicted octanol–water partition coefficient (Wildman–Crippen LogP) is 7.03. The zero-order valence-corrected chi connectivity index (χ0v) is 23.4. The Kier molecular flexibility index (Phi) is 11.3. The molecule has 0 atom stereocenters. The SMILES string of the molecule is CC(C)OP1(OC(C)C)=N[P+](OC(C)C)(OC(C)C)N[P+](OC(C)C)(OC(C)C)N1. The van der Waals surface area contributed by atoms with Crippen molar-refractivity contribution in [2.45, 2.75) is 120 Å². The first-order valence-corrected chi connectivity index (χ1v) is 15.5. The highest BCUT2D eigenvalue weighted by molar-refractivity contribution is 7.88. The fourth-order valence-corrected chi connectivity index (χ4v) is 14.0. The Labute approximate surface area is 185 Å². The molecule has 30 heavy (non-hydrogen) atoms. The van der Waals surface area contributed by atoms with E-state index in [-0.39, 0.29) is 36.6 Å². The standard InChI is InChI=1S/C18H44N3O6P3/c1-13(2)22-28(23-14(3)4)19-29(24-15(5)6,25-16(7)8)21-30(20-28,26-17(9)10)27-18(11)12/h13-20H,1-12H3/q+2. The van der Waals surface area contributed by atoms with Gasteiger partial charge in [-0.05, 0) is 87.9 Å². The van der Waals surface area contributed by atoms with Crippen LogP contribution in [0.1, 0.15) is 83.1 Å². The number of rotatable bonds is 12. The molecule has 0 amide bonds. The Hall–Kier alpha value is 0.770. The van der Waals surface area contributed by atoms with Gasteiger partial charge in [0.15, 0.2) is 0 Å². The van der Waals surface area contributed by atoms with E-state index in [0.717, 1.165) is 0 Å². The fraction of sp³-hybridized carbons (Fsp3) is 1.00. The van der Waals surface area contributed by atoms with E-state index >= 15 is 0 Å². The van der Waals surface area contributed by atoms with Crippen LogP contribution in [0, 0.1) is 0 Å². The lowest BCUT2D eigenvalue weighted by molar-refractivity contribution is 0.127. The number of nitrogens with zero attached hydrogens (tertiary/aromatic N) is 1. The quantitative estimate of drug-likeness (QED) is 0.281. The minimum atomic E-state index is -3.06. The van der Waals surface area contributed by atoms with Crippen LogP contribution >= 0.6 is 23.7 Å². The van der Waals surface area contributed by atoms with Crippen LogP contribution in [0.3, 0.4) is 0 Å². The minimum absolute atomic E-state index is 0.129. The van der Waals surface area contributed by atoms with Crippen LogP contribution in [0.5, 0.6) is 0 Å². The van der Waals surface area contributed by atoms with Crippen molar-refractivity contribution in [3.8, 4) is 0 Å². The average molecular weight is 491 g/mol. The fourth-order valence-electron chi connectivity index (χ4n) is 2.63. The molecule has 1 aliphatic heterocycles. The zero-order chi connectivity index (χ0) is 23.3. The van der Waals surface area contributed by atoms with Gasteiger partial charge in [-0.2, -0.15) is 18.1 Å². The molecule has 12 heteroatoms. The van der Waals surface area contributed by atoms with Crippen LogP contribution in [-0.2, 0) is 27.1 Å². The van der Waals surface area contributed by atoms with Crippen molar-refractivity contribution in [2.24, 2.45) is 4.52 Å². The molecule has 0 fully saturated rings. The van der Waals surface area contributed by atoms with Crippen LogP contribution in [0.4, 0.5) is 0 Å². The molecular formula is C18H44N3O6P3+2. The topological polar surface area (TPSA) is 91.8 Å². The second-order valence-electron chi connectivity index (χ2n) is 8.81. The summed E-state index contributed by atoms with van der Waals surface area (Å²) in [6.07, 6.45) is -0.846. The van der Waals surface area contributed by atoms with Gasteiger partial charge in [0.1, 0.15) is 24.4 Å². The highest BCUT2D eigenvalue weighted by atomic mass is 31.3. The summed E-state index contributed by atoms with van der Waals surface area (Å²) in [6, 6.07) is 0. The first-order chi connectivity index (χ1) is 13.6. The van der Waals surface area contributed by atoms with Crippen LogP contribution in [0.2, 0.25) is 0 Å². The van der Waals surface area contributed by atoms with Gasteiger partial charge in [0.2, 0.25) is 0 Å². The van der Waals surface area contributed by atoms with Gasteiger partial charge in [-0.15, -0.1) is 0 Å². The van der Waals surface area contributed by atoms with Crippen LogP contribution in [-0.4, -0.2) is 36.6 Å². The molecule has 9 nitrogen and oxygen atoms in total. The van der Waals surface area contributed by atoms with Crippen molar-refractivity contribution >= 4 is 23.7 Å². The van der Waals surface area contributed by atoms with Crippen molar-refractivity contribution in [2.75, 3.05) is 0 Å². The van der Waals surface area contributed by atoms with Gasteiger partial charge in [-0.3, -0.25) is 0 Å². The van der Waals surface area contributed by atoms with E-state index in [1.165, 1.54) is 0 Å². The van der Waals surface area contributed by atoms with E-state index in [1.54, 1.807) is 0 Å². The van der Waals surface area contributed by atoms with Gasteiger partial charge in [0.05, 0.1) is 17.1 Å². The third-order valence-corrected chi connectivity index (χ3v) is 13.2. The molecule has 0 aromatic carbocycles. The number of nitrogens with one attached hydrogen (secondary N) is 2. The molecule has 1 aliphatic rings. The van der Waals surface area contributed by atoms with Gasteiger partial charge in [0.25, 0.3) is 0 Å². The predicted molar refractivity (Wildman–Crippen MR) is 127 cm³/mol. The van der Waals surface area contributed by atoms with Gasteiger partial charge >= 0.3 is 23.7 Å². The minimum Gasteiger partial charge on any atom is -0.305 e. The third-order valence-electron chi connectivity index (χ3n) is 2.88. The number of hydrogen-bond acceptors (Lipinski definition) is 9.